The van der Waals surface area contributed by atoms with Crippen molar-refractivity contribution in [3.63, 3.8) is 0 Å². The predicted molar refractivity (Wildman–Crippen MR) is 232 cm³/mol. The quantitative estimate of drug-likeness (QED) is 0.102. The van der Waals surface area contributed by atoms with Gasteiger partial charge in [-0.15, -0.1) is 0 Å². The van der Waals surface area contributed by atoms with Gasteiger partial charge in [0, 0.05) is 43.1 Å². The van der Waals surface area contributed by atoms with Gasteiger partial charge in [-0.1, -0.05) is 93.9 Å². The Hall–Kier alpha value is -5.74. The van der Waals surface area contributed by atoms with E-state index in [4.69, 9.17) is 23.7 Å². The Kier molecular flexibility index (Phi) is 13.3. The molecule has 3 fully saturated rings. The van der Waals surface area contributed by atoms with Crippen molar-refractivity contribution in [1.82, 2.24) is 5.32 Å². The highest BCUT2D eigenvalue weighted by Gasteiger charge is 2.77. The number of aliphatic hydroxyl groups excluding tert-OH is 1. The molecule has 3 aromatic rings. The van der Waals surface area contributed by atoms with Crippen molar-refractivity contribution in [2.75, 3.05) is 6.61 Å². The van der Waals surface area contributed by atoms with E-state index < -0.39 is 113 Å². The number of nitrogens with one attached hydrogen (secondary N) is 1. The highest BCUT2D eigenvalue weighted by Crippen LogP contribution is 2.63. The molecule has 7 rings (SSSR count). The molecular formula is C50H57NO14. The molecule has 346 valence electrons. The number of unbranched alkanes of at least 4 members (excludes halogenated alkanes) is 1. The van der Waals surface area contributed by atoms with Gasteiger partial charge in [-0.25, -0.2) is 9.59 Å². The van der Waals surface area contributed by atoms with Gasteiger partial charge in [0.25, 0.3) is 5.91 Å². The zero-order valence-electron chi connectivity index (χ0n) is 37.4. The highest BCUT2D eigenvalue weighted by atomic mass is 16.6. The number of fused-ring (bicyclic) bond motifs is 5. The number of amides is 1. The number of Topliss-reactive ketones (excluding diaryl/α,β-unsaturated/α-hetero) is 1. The van der Waals surface area contributed by atoms with Gasteiger partial charge in [0.15, 0.2) is 11.9 Å². The summed E-state index contributed by atoms with van der Waals surface area (Å²) in [7, 11) is 0. The molecule has 3 aliphatic carbocycles. The maximum atomic E-state index is 15.4. The van der Waals surface area contributed by atoms with Gasteiger partial charge in [0.1, 0.15) is 29.5 Å². The maximum absolute atomic E-state index is 15.4. The van der Waals surface area contributed by atoms with Crippen LogP contribution in [0.5, 0.6) is 0 Å². The molecule has 3 aromatic carbocycles. The zero-order valence-corrected chi connectivity index (χ0v) is 37.4. The standard InChI is InChI=1S/C50H57NO14/c1-7-8-24-36(54)64-40(38(30-18-12-9-13-19-30)51-44(56)31-20-14-10-15-21-31)46(58)63-33-26-50(60)43(65-45(57)32-22-16-11-17-23-32)41-48(6,34(53)25-35-49(41,59)27-61-35)42(55)39(62-29(3)52)37(28(33)2)47(50,4)5/h9-23,33-35,38-41,43,53,59-60H,7-8,24-27H2,1-6H3,(H,51,56)/t33-,34-,35+,38-,39+,40+,41?,43-,48+,49-,50+/m0/s1. The fourth-order valence-electron chi connectivity index (χ4n) is 10.4. The van der Waals surface area contributed by atoms with E-state index in [0.717, 1.165) is 6.92 Å². The van der Waals surface area contributed by atoms with Crippen molar-refractivity contribution >= 4 is 35.6 Å². The van der Waals surface area contributed by atoms with Gasteiger partial charge < -0.3 is 44.3 Å². The lowest BCUT2D eigenvalue weighted by Gasteiger charge is -2.66. The van der Waals surface area contributed by atoms with E-state index in [9.17, 15) is 34.5 Å². The third-order valence-corrected chi connectivity index (χ3v) is 14.1. The van der Waals surface area contributed by atoms with E-state index in [1.807, 2.05) is 6.92 Å². The summed E-state index contributed by atoms with van der Waals surface area (Å²) < 4.78 is 30.2. The van der Waals surface area contributed by atoms with Crippen LogP contribution in [0.2, 0.25) is 0 Å². The predicted octanol–water partition coefficient (Wildman–Crippen LogP) is 4.91. The molecular weight excluding hydrogens is 839 g/mol. The molecule has 2 bridgehead atoms. The van der Waals surface area contributed by atoms with E-state index in [1.54, 1.807) is 99.6 Å². The highest BCUT2D eigenvalue weighted by molar-refractivity contribution is 5.96. The fraction of sp³-hybridized carbons (Fsp3) is 0.480. The van der Waals surface area contributed by atoms with Crippen LogP contribution in [-0.2, 0) is 42.9 Å². The average Bonchev–Trinajstić information content (AvgIpc) is 3.28. The largest absolute Gasteiger partial charge is 0.455 e. The number of carbonyl (C=O) groups excluding carboxylic acids is 6. The topological polar surface area (TPSA) is 221 Å². The van der Waals surface area contributed by atoms with E-state index in [0.29, 0.717) is 18.4 Å². The van der Waals surface area contributed by atoms with Gasteiger partial charge >= 0.3 is 23.9 Å². The van der Waals surface area contributed by atoms with Crippen molar-refractivity contribution in [2.45, 2.75) is 128 Å². The second-order valence-corrected chi connectivity index (χ2v) is 18.4. The lowest BCUT2D eigenvalue weighted by atomic mass is 9.44. The maximum Gasteiger partial charge on any atom is 0.350 e. The number of rotatable bonds is 13. The SMILES string of the molecule is CCCCC(=O)O[C@@H](C(=O)O[C@H]1C[C@@]2(O)[C@@H](OC(=O)c3ccccc3)C3[C@]4(O)CO[C@@H]4C[C@H](O)[C@@]3(C)C(=O)[C@H](OC(C)=O)C(=C1C)C2(C)C)[C@@H](NC(=O)c1ccccc1)c1ccccc1. The Morgan fingerprint density at radius 1 is 0.862 bits per heavy atom. The van der Waals surface area contributed by atoms with Crippen molar-refractivity contribution in [1.29, 1.82) is 0 Å². The number of aliphatic hydroxyl groups is 3. The smallest absolute Gasteiger partial charge is 0.350 e. The first kappa shape index (κ1) is 47.2. The van der Waals surface area contributed by atoms with Crippen molar-refractivity contribution in [2.24, 2.45) is 16.7 Å². The third-order valence-electron chi connectivity index (χ3n) is 14.1. The third kappa shape index (κ3) is 8.39. The number of hydrogen-bond donors (Lipinski definition) is 4. The van der Waals surface area contributed by atoms with Gasteiger partial charge in [-0.2, -0.15) is 0 Å². The second kappa shape index (κ2) is 18.3. The Labute approximate surface area is 377 Å². The molecule has 1 saturated heterocycles. The molecule has 1 amide bonds. The Morgan fingerprint density at radius 3 is 2.03 bits per heavy atom. The minimum Gasteiger partial charge on any atom is -0.455 e. The number of benzene rings is 3. The number of ether oxygens (including phenoxy) is 5. The van der Waals surface area contributed by atoms with E-state index in [2.05, 4.69) is 5.32 Å². The van der Waals surface area contributed by atoms with E-state index >= 15 is 9.59 Å². The number of hydrogen-bond acceptors (Lipinski definition) is 14. The second-order valence-electron chi connectivity index (χ2n) is 18.4. The number of carbonyl (C=O) groups is 6. The molecule has 0 radical (unpaired) electrons. The minimum atomic E-state index is -2.39. The fourth-order valence-corrected chi connectivity index (χ4v) is 10.4. The first-order valence-corrected chi connectivity index (χ1v) is 22.0. The van der Waals surface area contributed by atoms with Gasteiger partial charge in [-0.05, 0) is 61.2 Å². The van der Waals surface area contributed by atoms with E-state index in [-0.39, 0.29) is 41.7 Å². The zero-order chi connectivity index (χ0) is 47.1. The van der Waals surface area contributed by atoms with E-state index in [1.165, 1.54) is 19.1 Å². The summed E-state index contributed by atoms with van der Waals surface area (Å²) in [5.41, 5.74) is -7.14. The molecule has 1 unspecified atom stereocenters. The monoisotopic (exact) mass is 895 g/mol. The first-order valence-electron chi connectivity index (χ1n) is 22.0. The van der Waals surface area contributed by atoms with Crippen molar-refractivity contribution in [3.8, 4) is 0 Å². The van der Waals surface area contributed by atoms with Crippen molar-refractivity contribution in [3.05, 3.63) is 119 Å². The molecule has 15 heteroatoms. The Balaban J connectivity index is 1.39. The van der Waals surface area contributed by atoms with Crippen LogP contribution in [0.15, 0.2) is 102 Å². The van der Waals surface area contributed by atoms with Gasteiger partial charge in [0.05, 0.1) is 29.8 Å². The Morgan fingerprint density at radius 2 is 1.46 bits per heavy atom. The molecule has 1 aliphatic heterocycles. The lowest BCUT2D eigenvalue weighted by molar-refractivity contribution is -0.343. The molecule has 2 saturated carbocycles. The normalized spacial score (nSPS) is 30.9. The molecule has 15 nitrogen and oxygen atoms in total. The first-order chi connectivity index (χ1) is 30.8. The minimum absolute atomic E-state index is 0.00402. The summed E-state index contributed by atoms with van der Waals surface area (Å²) in [4.78, 5) is 85.0. The number of ketones is 1. The molecule has 0 aromatic heterocycles. The summed E-state index contributed by atoms with van der Waals surface area (Å²) in [6.45, 7) is 8.70. The van der Waals surface area contributed by atoms with Crippen LogP contribution in [0, 0.1) is 16.7 Å². The summed E-state index contributed by atoms with van der Waals surface area (Å²) in [5.74, 6) is -6.72. The summed E-state index contributed by atoms with van der Waals surface area (Å²) in [6, 6.07) is 23.2. The van der Waals surface area contributed by atoms with Crippen LogP contribution in [0.25, 0.3) is 0 Å². The summed E-state index contributed by atoms with van der Waals surface area (Å²) in [6.07, 6.45) is -9.28. The van der Waals surface area contributed by atoms with Gasteiger partial charge in [-0.3, -0.25) is 19.2 Å². The average molecular weight is 896 g/mol. The van der Waals surface area contributed by atoms with Crippen LogP contribution in [0.1, 0.15) is 106 Å². The molecule has 4 aliphatic rings. The Bertz CT molecular complexity index is 2330. The van der Waals surface area contributed by atoms with Crippen LogP contribution >= 0.6 is 0 Å². The number of esters is 4. The van der Waals surface area contributed by atoms with Crippen LogP contribution in [-0.4, -0.2) is 105 Å². The van der Waals surface area contributed by atoms with Gasteiger partial charge in [0.2, 0.25) is 6.10 Å². The molecule has 11 atom stereocenters. The van der Waals surface area contributed by atoms with Crippen molar-refractivity contribution < 1.29 is 67.8 Å². The van der Waals surface area contributed by atoms with Crippen LogP contribution in [0.4, 0.5) is 0 Å². The molecule has 4 N–H and O–H groups in total. The van der Waals surface area contributed by atoms with Crippen LogP contribution < -0.4 is 5.32 Å². The van der Waals surface area contributed by atoms with Crippen LogP contribution in [0.3, 0.4) is 0 Å². The summed E-state index contributed by atoms with van der Waals surface area (Å²) in [5, 5.41) is 41.1. The molecule has 1 heterocycles. The lowest BCUT2D eigenvalue weighted by Crippen LogP contribution is -2.81. The summed E-state index contributed by atoms with van der Waals surface area (Å²) >= 11 is 0. The molecule has 65 heavy (non-hydrogen) atoms. The molecule has 0 spiro atoms.